The maximum atomic E-state index is 10.8. The van der Waals surface area contributed by atoms with E-state index >= 15 is 0 Å². The van der Waals surface area contributed by atoms with Crippen LogP contribution in [0, 0.1) is 6.92 Å². The Bertz CT molecular complexity index is 837. The molecule has 0 saturated heterocycles. The zero-order valence-electron chi connectivity index (χ0n) is 13.7. The average Bonchev–Trinajstić information content (AvgIpc) is 2.90. The largest absolute Gasteiger partial charge is 0.478 e. The number of benzene rings is 2. The summed E-state index contributed by atoms with van der Waals surface area (Å²) in [5.74, 6) is 0.151. The van der Waals surface area contributed by atoms with Crippen LogP contribution in [-0.2, 0) is 13.1 Å². The van der Waals surface area contributed by atoms with Crippen molar-refractivity contribution < 1.29 is 9.90 Å². The molecule has 0 bridgehead atoms. The van der Waals surface area contributed by atoms with Crippen LogP contribution in [0.3, 0.4) is 0 Å². The lowest BCUT2D eigenvalue weighted by molar-refractivity contribution is 0.0697. The molecule has 0 amide bonds. The second-order valence-electron chi connectivity index (χ2n) is 5.83. The van der Waals surface area contributed by atoms with Crippen LogP contribution in [0.2, 0.25) is 0 Å². The standard InChI is InChI=1S/C19H21N3O2/c1-14-21-17-5-2-3-6-18(17)22(14)12-4-11-20-13-15-7-9-16(10-8-15)19(23)24/h2-3,5-10,20H,4,11-13H2,1H3,(H,23,24). The van der Waals surface area contributed by atoms with Gasteiger partial charge >= 0.3 is 5.97 Å². The van der Waals surface area contributed by atoms with Gasteiger partial charge in [-0.25, -0.2) is 9.78 Å². The van der Waals surface area contributed by atoms with Gasteiger partial charge in [0.25, 0.3) is 0 Å². The number of aryl methyl sites for hydroxylation is 2. The van der Waals surface area contributed by atoms with Gasteiger partial charge in [-0.15, -0.1) is 0 Å². The molecular weight excluding hydrogens is 302 g/mol. The summed E-state index contributed by atoms with van der Waals surface area (Å²) in [5, 5.41) is 12.3. The van der Waals surface area contributed by atoms with E-state index in [0.717, 1.165) is 43.0 Å². The maximum absolute atomic E-state index is 10.8. The monoisotopic (exact) mass is 323 g/mol. The molecule has 0 aliphatic heterocycles. The van der Waals surface area contributed by atoms with E-state index in [4.69, 9.17) is 5.11 Å². The number of rotatable bonds is 7. The fraction of sp³-hybridized carbons (Fsp3) is 0.263. The van der Waals surface area contributed by atoms with Crippen LogP contribution in [-0.4, -0.2) is 27.2 Å². The Morgan fingerprint density at radius 2 is 1.92 bits per heavy atom. The summed E-state index contributed by atoms with van der Waals surface area (Å²) < 4.78 is 2.25. The minimum atomic E-state index is -0.891. The topological polar surface area (TPSA) is 67.2 Å². The number of nitrogens with zero attached hydrogens (tertiary/aromatic N) is 2. The predicted octanol–water partition coefficient (Wildman–Crippen LogP) is 3.22. The fourth-order valence-electron chi connectivity index (χ4n) is 2.84. The van der Waals surface area contributed by atoms with Crippen LogP contribution in [0.15, 0.2) is 48.5 Å². The number of imidazole rings is 1. The van der Waals surface area contributed by atoms with Gasteiger partial charge in [-0.3, -0.25) is 0 Å². The number of fused-ring (bicyclic) bond motifs is 1. The van der Waals surface area contributed by atoms with E-state index in [0.29, 0.717) is 5.56 Å². The van der Waals surface area contributed by atoms with E-state index < -0.39 is 5.97 Å². The molecule has 1 aromatic heterocycles. The molecule has 3 rings (SSSR count). The first-order chi connectivity index (χ1) is 11.6. The van der Waals surface area contributed by atoms with Gasteiger partial charge in [-0.05, 0) is 49.7 Å². The van der Waals surface area contributed by atoms with Crippen molar-refractivity contribution in [1.29, 1.82) is 0 Å². The van der Waals surface area contributed by atoms with E-state index in [1.807, 2.05) is 37.3 Å². The third kappa shape index (κ3) is 3.63. The van der Waals surface area contributed by atoms with Crippen LogP contribution in [0.4, 0.5) is 0 Å². The van der Waals surface area contributed by atoms with Gasteiger partial charge in [-0.1, -0.05) is 24.3 Å². The fourth-order valence-corrected chi connectivity index (χ4v) is 2.84. The molecule has 2 N–H and O–H groups in total. The number of carboxylic acids is 1. The highest BCUT2D eigenvalue weighted by Crippen LogP contribution is 2.15. The van der Waals surface area contributed by atoms with Crippen molar-refractivity contribution >= 4 is 17.0 Å². The highest BCUT2D eigenvalue weighted by molar-refractivity contribution is 5.87. The Labute approximate surface area is 141 Å². The summed E-state index contributed by atoms with van der Waals surface area (Å²) in [6.07, 6.45) is 1.01. The molecule has 0 fully saturated rings. The van der Waals surface area contributed by atoms with E-state index in [-0.39, 0.29) is 0 Å². The lowest BCUT2D eigenvalue weighted by atomic mass is 10.1. The van der Waals surface area contributed by atoms with Gasteiger partial charge in [0, 0.05) is 13.1 Å². The summed E-state index contributed by atoms with van der Waals surface area (Å²) >= 11 is 0. The zero-order valence-corrected chi connectivity index (χ0v) is 13.7. The molecule has 0 atom stereocenters. The van der Waals surface area contributed by atoms with Crippen molar-refractivity contribution in [1.82, 2.24) is 14.9 Å². The SMILES string of the molecule is Cc1nc2ccccc2n1CCCNCc1ccc(C(=O)O)cc1. The van der Waals surface area contributed by atoms with Crippen LogP contribution in [0.25, 0.3) is 11.0 Å². The molecule has 0 radical (unpaired) electrons. The quantitative estimate of drug-likeness (QED) is 0.655. The van der Waals surface area contributed by atoms with Crippen LogP contribution in [0.5, 0.6) is 0 Å². The normalized spacial score (nSPS) is 11.0. The van der Waals surface area contributed by atoms with Crippen molar-refractivity contribution in [2.75, 3.05) is 6.54 Å². The molecule has 0 unspecified atom stereocenters. The third-order valence-corrected chi connectivity index (χ3v) is 4.11. The van der Waals surface area contributed by atoms with Crippen LogP contribution >= 0.6 is 0 Å². The molecule has 0 aliphatic rings. The molecule has 5 heteroatoms. The van der Waals surface area contributed by atoms with Crippen LogP contribution in [0.1, 0.15) is 28.2 Å². The Balaban J connectivity index is 1.48. The number of nitrogens with one attached hydrogen (secondary N) is 1. The van der Waals surface area contributed by atoms with E-state index in [2.05, 4.69) is 20.9 Å². The van der Waals surface area contributed by atoms with Gasteiger partial charge in [0.05, 0.1) is 16.6 Å². The summed E-state index contributed by atoms with van der Waals surface area (Å²) in [6.45, 7) is 4.60. The maximum Gasteiger partial charge on any atom is 0.335 e. The van der Waals surface area contributed by atoms with Gasteiger partial charge in [0.15, 0.2) is 0 Å². The zero-order chi connectivity index (χ0) is 16.9. The van der Waals surface area contributed by atoms with E-state index in [1.165, 1.54) is 5.52 Å². The minimum absolute atomic E-state index is 0.321. The van der Waals surface area contributed by atoms with Crippen molar-refractivity contribution in [3.8, 4) is 0 Å². The van der Waals surface area contributed by atoms with E-state index in [1.54, 1.807) is 12.1 Å². The van der Waals surface area contributed by atoms with Crippen molar-refractivity contribution in [3.63, 3.8) is 0 Å². The Morgan fingerprint density at radius 1 is 1.17 bits per heavy atom. The van der Waals surface area contributed by atoms with Crippen molar-refractivity contribution in [3.05, 3.63) is 65.5 Å². The molecule has 3 aromatic rings. The first-order valence-corrected chi connectivity index (χ1v) is 8.10. The molecular formula is C19H21N3O2. The first kappa shape index (κ1) is 16.2. The number of aromatic nitrogens is 2. The molecule has 0 saturated carbocycles. The number of para-hydroxylation sites is 2. The average molecular weight is 323 g/mol. The summed E-state index contributed by atoms with van der Waals surface area (Å²) in [7, 11) is 0. The molecule has 1 heterocycles. The predicted molar refractivity (Wildman–Crippen MR) is 94.2 cm³/mol. The van der Waals surface area contributed by atoms with Gasteiger partial charge in [0.1, 0.15) is 5.82 Å². The second kappa shape index (κ2) is 7.27. The molecule has 0 aliphatic carbocycles. The third-order valence-electron chi connectivity index (χ3n) is 4.11. The van der Waals surface area contributed by atoms with Gasteiger partial charge in [-0.2, -0.15) is 0 Å². The highest BCUT2D eigenvalue weighted by Gasteiger charge is 2.06. The highest BCUT2D eigenvalue weighted by atomic mass is 16.4. The molecule has 124 valence electrons. The molecule has 2 aromatic carbocycles. The second-order valence-corrected chi connectivity index (χ2v) is 5.83. The first-order valence-electron chi connectivity index (χ1n) is 8.10. The van der Waals surface area contributed by atoms with Crippen molar-refractivity contribution in [2.24, 2.45) is 0 Å². The Kier molecular flexibility index (Phi) is 4.91. The minimum Gasteiger partial charge on any atom is -0.478 e. The number of carbonyl (C=O) groups is 1. The Hall–Kier alpha value is -2.66. The summed E-state index contributed by atoms with van der Waals surface area (Å²) in [4.78, 5) is 15.4. The Morgan fingerprint density at radius 3 is 2.67 bits per heavy atom. The number of hydrogen-bond donors (Lipinski definition) is 2. The van der Waals surface area contributed by atoms with Crippen LogP contribution < -0.4 is 5.32 Å². The molecule has 0 spiro atoms. The summed E-state index contributed by atoms with van der Waals surface area (Å²) in [6, 6.07) is 15.2. The number of aromatic carboxylic acids is 1. The lowest BCUT2D eigenvalue weighted by Gasteiger charge is -2.08. The van der Waals surface area contributed by atoms with E-state index in [9.17, 15) is 4.79 Å². The lowest BCUT2D eigenvalue weighted by Crippen LogP contribution is -2.17. The number of hydrogen-bond acceptors (Lipinski definition) is 3. The number of carboxylic acid groups (broad SMARTS) is 1. The van der Waals surface area contributed by atoms with Crippen molar-refractivity contribution in [2.45, 2.75) is 26.4 Å². The smallest absolute Gasteiger partial charge is 0.335 e. The van der Waals surface area contributed by atoms with Gasteiger partial charge < -0.3 is 15.0 Å². The summed E-state index contributed by atoms with van der Waals surface area (Å²) in [5.41, 5.74) is 3.63. The molecule has 5 nitrogen and oxygen atoms in total. The van der Waals surface area contributed by atoms with Gasteiger partial charge in [0.2, 0.25) is 0 Å². The molecule has 24 heavy (non-hydrogen) atoms.